The minimum absolute atomic E-state index is 0.162. The van der Waals surface area contributed by atoms with Crippen LogP contribution in [0.15, 0.2) is 6.07 Å². The van der Waals surface area contributed by atoms with Gasteiger partial charge in [0.2, 0.25) is 0 Å². The van der Waals surface area contributed by atoms with Crippen molar-refractivity contribution in [2.24, 2.45) is 0 Å². The third-order valence-electron chi connectivity index (χ3n) is 2.19. The first-order chi connectivity index (χ1) is 7.65. The van der Waals surface area contributed by atoms with Crippen LogP contribution in [0.3, 0.4) is 0 Å². The van der Waals surface area contributed by atoms with Crippen LogP contribution in [0.2, 0.25) is 0 Å². The molecule has 2 aromatic heterocycles. The van der Waals surface area contributed by atoms with Gasteiger partial charge in [0.25, 0.3) is 0 Å². The first kappa shape index (κ1) is 10.1. The fraction of sp³-hybridized carbons (Fsp3) is 0.200. The number of nitrogens with two attached hydrogens (primary N) is 1. The molecule has 0 unspecified atom stereocenters. The van der Waals surface area contributed by atoms with Crippen molar-refractivity contribution >= 4 is 16.9 Å². The van der Waals surface area contributed by atoms with Gasteiger partial charge in [0.1, 0.15) is 11.9 Å². The smallest absolute Gasteiger partial charge is 0.318 e. The van der Waals surface area contributed by atoms with Gasteiger partial charge in [0.05, 0.1) is 18.4 Å². The molecule has 0 aliphatic rings. The minimum atomic E-state index is 0.162. The molecule has 2 N–H and O–H groups in total. The van der Waals surface area contributed by atoms with Crippen molar-refractivity contribution in [2.45, 2.75) is 6.92 Å². The summed E-state index contributed by atoms with van der Waals surface area (Å²) in [5.41, 5.74) is 7.06. The maximum absolute atomic E-state index is 8.83. The molecular weight excluding hydrogens is 206 g/mol. The molecule has 80 valence electrons. The van der Waals surface area contributed by atoms with Crippen molar-refractivity contribution < 1.29 is 4.74 Å². The molecule has 6 heteroatoms. The van der Waals surface area contributed by atoms with Crippen LogP contribution in [-0.2, 0) is 0 Å². The van der Waals surface area contributed by atoms with E-state index in [1.165, 1.54) is 7.11 Å². The Morgan fingerprint density at radius 3 is 2.75 bits per heavy atom. The third kappa shape index (κ3) is 1.48. The van der Waals surface area contributed by atoms with Gasteiger partial charge in [-0.1, -0.05) is 0 Å². The summed E-state index contributed by atoms with van der Waals surface area (Å²) in [6.45, 7) is 1.80. The number of pyridine rings is 1. The molecule has 0 aliphatic heterocycles. The van der Waals surface area contributed by atoms with Gasteiger partial charge in [-0.2, -0.15) is 15.2 Å². The lowest BCUT2D eigenvalue weighted by atomic mass is 10.2. The van der Waals surface area contributed by atoms with Crippen LogP contribution in [-0.4, -0.2) is 22.1 Å². The van der Waals surface area contributed by atoms with Crippen molar-refractivity contribution in [3.63, 3.8) is 0 Å². The third-order valence-corrected chi connectivity index (χ3v) is 2.19. The Labute approximate surface area is 91.7 Å². The van der Waals surface area contributed by atoms with Crippen molar-refractivity contribution in [3.8, 4) is 12.1 Å². The molecule has 0 saturated carbocycles. The molecule has 0 amide bonds. The molecule has 0 spiro atoms. The fourth-order valence-corrected chi connectivity index (χ4v) is 1.37. The predicted molar refractivity (Wildman–Crippen MR) is 57.7 cm³/mol. The first-order valence-corrected chi connectivity index (χ1v) is 4.54. The Morgan fingerprint density at radius 1 is 1.38 bits per heavy atom. The summed E-state index contributed by atoms with van der Waals surface area (Å²) >= 11 is 0. The van der Waals surface area contributed by atoms with E-state index in [9.17, 15) is 0 Å². The molecule has 2 heterocycles. The number of fused-ring (bicyclic) bond motifs is 1. The lowest BCUT2D eigenvalue weighted by Crippen LogP contribution is -2.01. The molecule has 0 radical (unpaired) electrons. The highest BCUT2D eigenvalue weighted by atomic mass is 16.5. The number of rotatable bonds is 1. The highest BCUT2D eigenvalue weighted by Crippen LogP contribution is 2.20. The molecule has 0 atom stereocenters. The maximum atomic E-state index is 8.83. The summed E-state index contributed by atoms with van der Waals surface area (Å²) in [5, 5.41) is 9.53. The molecule has 0 fully saturated rings. The van der Waals surface area contributed by atoms with Gasteiger partial charge in [-0.15, -0.1) is 0 Å². The van der Waals surface area contributed by atoms with Crippen LogP contribution >= 0.6 is 0 Å². The summed E-state index contributed by atoms with van der Waals surface area (Å²) in [6.07, 6.45) is 0. The normalized spacial score (nSPS) is 10.1. The lowest BCUT2D eigenvalue weighted by Gasteiger charge is -2.05. The van der Waals surface area contributed by atoms with E-state index in [0.717, 1.165) is 0 Å². The van der Waals surface area contributed by atoms with Gasteiger partial charge in [0, 0.05) is 5.39 Å². The zero-order chi connectivity index (χ0) is 11.7. The number of anilines is 1. The number of methoxy groups -OCH3 is 1. The SMILES string of the molecule is COc1nc(C)c2cc(C#N)c(N)nc2n1. The van der Waals surface area contributed by atoms with Crippen LogP contribution in [0.4, 0.5) is 5.82 Å². The van der Waals surface area contributed by atoms with Crippen LogP contribution < -0.4 is 10.5 Å². The average Bonchev–Trinajstić information content (AvgIpc) is 2.28. The van der Waals surface area contributed by atoms with Crippen molar-refractivity contribution in [3.05, 3.63) is 17.3 Å². The molecule has 2 aromatic rings. The molecule has 16 heavy (non-hydrogen) atoms. The topological polar surface area (TPSA) is 97.7 Å². The van der Waals surface area contributed by atoms with Crippen LogP contribution in [0.5, 0.6) is 6.01 Å². The van der Waals surface area contributed by atoms with Crippen molar-refractivity contribution in [1.29, 1.82) is 5.26 Å². The fourth-order valence-electron chi connectivity index (χ4n) is 1.37. The second kappa shape index (κ2) is 3.62. The Kier molecular flexibility index (Phi) is 2.29. The van der Waals surface area contributed by atoms with E-state index in [1.807, 2.05) is 6.07 Å². The zero-order valence-electron chi connectivity index (χ0n) is 8.85. The number of nitrogen functional groups attached to an aromatic ring is 1. The number of ether oxygens (including phenoxy) is 1. The summed E-state index contributed by atoms with van der Waals surface area (Å²) in [5.74, 6) is 0.162. The average molecular weight is 215 g/mol. The van der Waals surface area contributed by atoms with Crippen LogP contribution in [0, 0.1) is 18.3 Å². The molecule has 0 saturated heterocycles. The number of hydrogen-bond acceptors (Lipinski definition) is 6. The lowest BCUT2D eigenvalue weighted by molar-refractivity contribution is 0.380. The van der Waals surface area contributed by atoms with Crippen molar-refractivity contribution in [2.75, 3.05) is 12.8 Å². The Bertz CT molecular complexity index is 602. The molecule has 6 nitrogen and oxygen atoms in total. The summed E-state index contributed by atoms with van der Waals surface area (Å²) < 4.78 is 4.93. The number of aryl methyl sites for hydroxylation is 1. The second-order valence-electron chi connectivity index (χ2n) is 3.20. The van der Waals surface area contributed by atoms with Gasteiger partial charge < -0.3 is 10.5 Å². The summed E-state index contributed by atoms with van der Waals surface area (Å²) in [6, 6.07) is 3.84. The van der Waals surface area contributed by atoms with Gasteiger partial charge >= 0.3 is 6.01 Å². The maximum Gasteiger partial charge on any atom is 0.318 e. The van der Waals surface area contributed by atoms with E-state index < -0.39 is 0 Å². The van der Waals surface area contributed by atoms with E-state index in [1.54, 1.807) is 13.0 Å². The monoisotopic (exact) mass is 215 g/mol. The molecule has 0 aromatic carbocycles. The number of nitriles is 1. The highest BCUT2D eigenvalue weighted by molar-refractivity contribution is 5.81. The van der Waals surface area contributed by atoms with E-state index in [-0.39, 0.29) is 11.8 Å². The minimum Gasteiger partial charge on any atom is -0.467 e. The van der Waals surface area contributed by atoms with Gasteiger partial charge in [-0.25, -0.2) is 4.98 Å². The quantitative estimate of drug-likeness (QED) is 0.755. The van der Waals surface area contributed by atoms with E-state index in [0.29, 0.717) is 22.3 Å². The Hall–Kier alpha value is -2.42. The first-order valence-electron chi connectivity index (χ1n) is 4.54. The molecule has 0 bridgehead atoms. The van der Waals surface area contributed by atoms with Gasteiger partial charge in [-0.3, -0.25) is 0 Å². The number of aromatic nitrogens is 3. The Balaban J connectivity index is 2.81. The second-order valence-corrected chi connectivity index (χ2v) is 3.20. The van der Waals surface area contributed by atoms with Crippen LogP contribution in [0.1, 0.15) is 11.3 Å². The van der Waals surface area contributed by atoms with E-state index in [4.69, 9.17) is 15.7 Å². The Morgan fingerprint density at radius 2 is 2.12 bits per heavy atom. The zero-order valence-corrected chi connectivity index (χ0v) is 8.85. The molecule has 2 rings (SSSR count). The largest absolute Gasteiger partial charge is 0.467 e. The van der Waals surface area contributed by atoms with E-state index in [2.05, 4.69) is 15.0 Å². The summed E-state index contributed by atoms with van der Waals surface area (Å²) in [7, 11) is 1.48. The molecule has 0 aliphatic carbocycles. The van der Waals surface area contributed by atoms with Gasteiger partial charge in [-0.05, 0) is 13.0 Å². The standard InChI is InChI=1S/C10H9N5O/c1-5-7-3-6(4-11)8(12)14-9(7)15-10(13-5)16-2/h3H,1-2H3,(H2,12,13,14,15). The number of hydrogen-bond donors (Lipinski definition) is 1. The summed E-state index contributed by atoms with van der Waals surface area (Å²) in [4.78, 5) is 12.2. The highest BCUT2D eigenvalue weighted by Gasteiger charge is 2.09. The van der Waals surface area contributed by atoms with Crippen molar-refractivity contribution in [1.82, 2.24) is 15.0 Å². The van der Waals surface area contributed by atoms with E-state index >= 15 is 0 Å². The van der Waals surface area contributed by atoms with Crippen LogP contribution in [0.25, 0.3) is 11.0 Å². The molecular formula is C10H9N5O. The number of nitrogens with zero attached hydrogens (tertiary/aromatic N) is 4. The predicted octanol–water partition coefficient (Wildman–Crippen LogP) is 0.796. The van der Waals surface area contributed by atoms with Gasteiger partial charge in [0.15, 0.2) is 5.65 Å².